The fourth-order valence-corrected chi connectivity index (χ4v) is 4.25. The van der Waals surface area contributed by atoms with Crippen LogP contribution in [0.4, 0.5) is 11.4 Å². The molecule has 31 heavy (non-hydrogen) atoms. The standard InChI is InChI=1S/C26H34N2O3/c1-25(2,3)19-13-21(23-22(14-19)31-26(4,5)10-11-27-23)17-8-7-9-20(12-17)28-15-18(16-28)24(29)30-6/h7-9,12-14,18,27H,10-11,15-16H2,1-6H3. The number of carbonyl (C=O) groups excluding carboxylic acids is 1. The van der Waals surface area contributed by atoms with Crippen molar-refractivity contribution in [3.05, 3.63) is 42.0 Å². The number of hydrogen-bond donors (Lipinski definition) is 1. The number of nitrogens with zero attached hydrogens (tertiary/aromatic N) is 1. The van der Waals surface area contributed by atoms with E-state index in [9.17, 15) is 4.79 Å². The van der Waals surface area contributed by atoms with E-state index in [1.807, 2.05) is 0 Å². The van der Waals surface area contributed by atoms with Gasteiger partial charge < -0.3 is 19.7 Å². The van der Waals surface area contributed by atoms with E-state index in [0.29, 0.717) is 13.1 Å². The second kappa shape index (κ2) is 7.77. The SMILES string of the molecule is COC(=O)C1CN(c2cccc(-c3cc(C(C)(C)C)cc4c3NCCC(C)(C)O4)c2)C1. The molecule has 2 heterocycles. The average Bonchev–Trinajstić information content (AvgIpc) is 2.82. The summed E-state index contributed by atoms with van der Waals surface area (Å²) < 4.78 is 11.4. The van der Waals surface area contributed by atoms with Gasteiger partial charge in [-0.25, -0.2) is 0 Å². The van der Waals surface area contributed by atoms with Gasteiger partial charge in [0.2, 0.25) is 0 Å². The molecule has 4 rings (SSSR count). The van der Waals surface area contributed by atoms with E-state index in [1.54, 1.807) is 0 Å². The smallest absolute Gasteiger partial charge is 0.312 e. The van der Waals surface area contributed by atoms with Crippen LogP contribution in [0.25, 0.3) is 11.1 Å². The van der Waals surface area contributed by atoms with Crippen LogP contribution in [0.1, 0.15) is 46.6 Å². The first-order chi connectivity index (χ1) is 14.6. The molecule has 0 aromatic heterocycles. The summed E-state index contributed by atoms with van der Waals surface area (Å²) in [6, 6.07) is 13.1. The number of carbonyl (C=O) groups is 1. The third-order valence-electron chi connectivity index (χ3n) is 6.32. The third-order valence-corrected chi connectivity index (χ3v) is 6.32. The fourth-order valence-electron chi connectivity index (χ4n) is 4.25. The van der Waals surface area contributed by atoms with Crippen molar-refractivity contribution >= 4 is 17.3 Å². The maximum atomic E-state index is 11.8. The molecular formula is C26H34N2O3. The Balaban J connectivity index is 1.73. The summed E-state index contributed by atoms with van der Waals surface area (Å²) in [4.78, 5) is 14.0. The molecule has 5 heteroatoms. The van der Waals surface area contributed by atoms with Crippen molar-refractivity contribution in [3.8, 4) is 16.9 Å². The Kier molecular flexibility index (Phi) is 5.40. The number of esters is 1. The predicted molar refractivity (Wildman–Crippen MR) is 126 cm³/mol. The zero-order valence-electron chi connectivity index (χ0n) is 19.5. The van der Waals surface area contributed by atoms with Crippen molar-refractivity contribution in [2.24, 2.45) is 5.92 Å². The van der Waals surface area contributed by atoms with E-state index >= 15 is 0 Å². The minimum Gasteiger partial charge on any atom is -0.486 e. The maximum Gasteiger partial charge on any atom is 0.312 e. The molecule has 0 saturated carbocycles. The maximum absolute atomic E-state index is 11.8. The Morgan fingerprint density at radius 2 is 1.94 bits per heavy atom. The molecule has 166 valence electrons. The number of anilines is 2. The lowest BCUT2D eigenvalue weighted by molar-refractivity contribution is -0.146. The van der Waals surface area contributed by atoms with Gasteiger partial charge >= 0.3 is 5.97 Å². The van der Waals surface area contributed by atoms with Crippen LogP contribution in [0.2, 0.25) is 0 Å². The first-order valence-electron chi connectivity index (χ1n) is 11.1. The molecule has 0 aliphatic carbocycles. The van der Waals surface area contributed by atoms with Crippen molar-refractivity contribution in [1.82, 2.24) is 0 Å². The minimum absolute atomic E-state index is 0.00635. The van der Waals surface area contributed by atoms with Gasteiger partial charge in [-0.2, -0.15) is 0 Å². The summed E-state index contributed by atoms with van der Waals surface area (Å²) >= 11 is 0. The normalized spacial score (nSPS) is 18.2. The Bertz CT molecular complexity index is 985. The molecule has 2 aliphatic rings. The molecule has 1 N–H and O–H groups in total. The quantitative estimate of drug-likeness (QED) is 0.686. The van der Waals surface area contributed by atoms with Crippen LogP contribution in [0.5, 0.6) is 5.75 Å². The van der Waals surface area contributed by atoms with Gasteiger partial charge in [-0.3, -0.25) is 4.79 Å². The van der Waals surface area contributed by atoms with E-state index in [-0.39, 0.29) is 22.9 Å². The fraction of sp³-hybridized carbons (Fsp3) is 0.500. The average molecular weight is 423 g/mol. The topological polar surface area (TPSA) is 50.8 Å². The second-order valence-electron chi connectivity index (χ2n) is 10.4. The van der Waals surface area contributed by atoms with Crippen LogP contribution in [0.3, 0.4) is 0 Å². The zero-order chi connectivity index (χ0) is 22.4. The Morgan fingerprint density at radius 3 is 2.61 bits per heavy atom. The summed E-state index contributed by atoms with van der Waals surface area (Å²) in [7, 11) is 1.45. The molecule has 5 nitrogen and oxygen atoms in total. The first-order valence-corrected chi connectivity index (χ1v) is 11.1. The van der Waals surface area contributed by atoms with Crippen LogP contribution >= 0.6 is 0 Å². The highest BCUT2D eigenvalue weighted by molar-refractivity contribution is 5.85. The van der Waals surface area contributed by atoms with Crippen LogP contribution in [0.15, 0.2) is 36.4 Å². The number of rotatable bonds is 3. The van der Waals surface area contributed by atoms with Crippen molar-refractivity contribution in [3.63, 3.8) is 0 Å². The zero-order valence-corrected chi connectivity index (χ0v) is 19.5. The van der Waals surface area contributed by atoms with E-state index < -0.39 is 0 Å². The molecule has 0 bridgehead atoms. The lowest BCUT2D eigenvalue weighted by Crippen LogP contribution is -2.50. The van der Waals surface area contributed by atoms with Crippen LogP contribution in [-0.2, 0) is 14.9 Å². The van der Waals surface area contributed by atoms with E-state index in [4.69, 9.17) is 9.47 Å². The number of benzene rings is 2. The van der Waals surface area contributed by atoms with Crippen LogP contribution in [0, 0.1) is 5.92 Å². The third kappa shape index (κ3) is 4.36. The lowest BCUT2D eigenvalue weighted by atomic mass is 9.84. The molecular weight excluding hydrogens is 388 g/mol. The minimum atomic E-state index is -0.214. The van der Waals surface area contributed by atoms with Crippen LogP contribution < -0.4 is 15.0 Å². The van der Waals surface area contributed by atoms with Crippen molar-refractivity contribution in [2.75, 3.05) is 37.0 Å². The molecule has 0 atom stereocenters. The van der Waals surface area contributed by atoms with E-state index in [1.165, 1.54) is 12.7 Å². The molecule has 2 aromatic rings. The number of ether oxygens (including phenoxy) is 2. The van der Waals surface area contributed by atoms with Gasteiger partial charge in [-0.15, -0.1) is 0 Å². The lowest BCUT2D eigenvalue weighted by Gasteiger charge is -2.39. The molecule has 0 spiro atoms. The number of hydrogen-bond acceptors (Lipinski definition) is 5. The molecule has 2 aromatic carbocycles. The monoisotopic (exact) mass is 422 g/mol. The summed E-state index contributed by atoms with van der Waals surface area (Å²) in [5.41, 5.74) is 5.54. The Hall–Kier alpha value is -2.69. The summed E-state index contributed by atoms with van der Waals surface area (Å²) in [5, 5.41) is 3.63. The second-order valence-corrected chi connectivity index (χ2v) is 10.4. The number of methoxy groups -OCH3 is 1. The van der Waals surface area contributed by atoms with Crippen molar-refractivity contribution in [2.45, 2.75) is 52.1 Å². The summed E-state index contributed by atoms with van der Waals surface area (Å²) in [6.45, 7) is 13.3. The van der Waals surface area contributed by atoms with Gasteiger partial charge in [0.1, 0.15) is 11.4 Å². The largest absolute Gasteiger partial charge is 0.486 e. The van der Waals surface area contributed by atoms with E-state index in [2.05, 4.69) is 81.2 Å². The molecule has 1 fully saturated rings. The van der Waals surface area contributed by atoms with Gasteiger partial charge in [0.25, 0.3) is 0 Å². The summed E-state index contributed by atoms with van der Waals surface area (Å²) in [6.07, 6.45) is 0.939. The highest BCUT2D eigenvalue weighted by Crippen LogP contribution is 2.44. The van der Waals surface area contributed by atoms with E-state index in [0.717, 1.165) is 41.2 Å². The first kappa shape index (κ1) is 21.5. The highest BCUT2D eigenvalue weighted by Gasteiger charge is 2.34. The van der Waals surface area contributed by atoms with Crippen molar-refractivity contribution in [1.29, 1.82) is 0 Å². The molecule has 0 radical (unpaired) electrons. The number of nitrogens with one attached hydrogen (secondary N) is 1. The van der Waals surface area contributed by atoms with Gasteiger partial charge in [0.15, 0.2) is 0 Å². The Labute approximate surface area is 185 Å². The highest BCUT2D eigenvalue weighted by atomic mass is 16.5. The summed E-state index contributed by atoms with van der Waals surface area (Å²) in [5.74, 6) is 0.760. The van der Waals surface area contributed by atoms with Gasteiger partial charge in [-0.05, 0) is 54.7 Å². The van der Waals surface area contributed by atoms with Gasteiger partial charge in [-0.1, -0.05) is 32.9 Å². The Morgan fingerprint density at radius 1 is 1.19 bits per heavy atom. The van der Waals surface area contributed by atoms with Gasteiger partial charge in [0.05, 0.1) is 18.7 Å². The van der Waals surface area contributed by atoms with Gasteiger partial charge in [0, 0.05) is 37.3 Å². The van der Waals surface area contributed by atoms with Crippen LogP contribution in [-0.4, -0.2) is 38.3 Å². The van der Waals surface area contributed by atoms with Crippen molar-refractivity contribution < 1.29 is 14.3 Å². The predicted octanol–water partition coefficient (Wildman–Crippen LogP) is 5.23. The molecule has 1 saturated heterocycles. The molecule has 2 aliphatic heterocycles. The number of fused-ring (bicyclic) bond motifs is 1. The molecule has 0 unspecified atom stereocenters. The molecule has 0 amide bonds.